The molecule has 0 aliphatic carbocycles. The topological polar surface area (TPSA) is 51.8 Å². The molecule has 2 heterocycles. The summed E-state index contributed by atoms with van der Waals surface area (Å²) in [4.78, 5) is 9.27. The van der Waals surface area contributed by atoms with Gasteiger partial charge in [-0.25, -0.2) is 9.97 Å². The molecule has 0 unspecified atom stereocenters. The van der Waals surface area contributed by atoms with Crippen LogP contribution in [0, 0.1) is 6.92 Å². The van der Waals surface area contributed by atoms with Crippen LogP contribution in [0.4, 0.5) is 0 Å². The number of aryl methyl sites for hydroxylation is 1. The quantitative estimate of drug-likeness (QED) is 0.799. The highest BCUT2D eigenvalue weighted by molar-refractivity contribution is 8.01. The summed E-state index contributed by atoms with van der Waals surface area (Å²) in [6, 6.07) is 10.4. The summed E-state index contributed by atoms with van der Waals surface area (Å²) in [7, 11) is 0. The van der Waals surface area contributed by atoms with Gasteiger partial charge in [-0.3, -0.25) is 0 Å². The number of hydrogen-bond donors (Lipinski definition) is 1. The Bertz CT molecular complexity index is 737. The van der Waals surface area contributed by atoms with E-state index in [1.54, 1.807) is 23.1 Å². The van der Waals surface area contributed by atoms with Crippen LogP contribution in [0.15, 0.2) is 45.1 Å². The second kappa shape index (κ2) is 5.91. The summed E-state index contributed by atoms with van der Waals surface area (Å²) in [5.74, 6) is 0. The molecule has 0 atom stereocenters. The Morgan fingerprint density at radius 1 is 1.25 bits per heavy atom. The van der Waals surface area contributed by atoms with Crippen molar-refractivity contribution in [2.75, 3.05) is 6.54 Å². The van der Waals surface area contributed by atoms with Gasteiger partial charge in [-0.05, 0) is 49.3 Å². The minimum atomic E-state index is 0.629. The Hall–Kier alpha value is -1.43. The second-order valence-electron chi connectivity index (χ2n) is 4.54. The van der Waals surface area contributed by atoms with E-state index in [9.17, 15) is 0 Å². The highest BCUT2D eigenvalue weighted by Crippen LogP contribution is 2.33. The first-order valence-corrected chi connectivity index (χ1v) is 8.14. The lowest BCUT2D eigenvalue weighted by atomic mass is 10.1. The van der Waals surface area contributed by atoms with Crippen molar-refractivity contribution in [1.29, 1.82) is 0 Å². The lowest BCUT2D eigenvalue weighted by molar-refractivity contribution is 0.921. The van der Waals surface area contributed by atoms with E-state index in [2.05, 4.69) is 22.5 Å². The number of benzene rings is 1. The average Bonchev–Trinajstić information content (AvgIpc) is 2.85. The van der Waals surface area contributed by atoms with E-state index in [1.165, 1.54) is 5.56 Å². The van der Waals surface area contributed by atoms with Gasteiger partial charge in [0.15, 0.2) is 4.34 Å². The maximum absolute atomic E-state index is 5.72. The minimum Gasteiger partial charge on any atom is -0.330 e. The third kappa shape index (κ3) is 2.85. The fourth-order valence-electron chi connectivity index (χ4n) is 2.03. The predicted octanol–water partition coefficient (Wildman–Crippen LogP) is 3.65. The van der Waals surface area contributed by atoms with Crippen molar-refractivity contribution in [3.63, 3.8) is 0 Å². The summed E-state index contributed by atoms with van der Waals surface area (Å²) in [6.07, 6.45) is 0.838. The third-order valence-electron chi connectivity index (χ3n) is 2.96. The van der Waals surface area contributed by atoms with Gasteiger partial charge in [0.1, 0.15) is 5.03 Å². The summed E-state index contributed by atoms with van der Waals surface area (Å²) in [5, 5.41) is 4.24. The van der Waals surface area contributed by atoms with Crippen LogP contribution in [-0.4, -0.2) is 16.5 Å². The maximum atomic E-state index is 5.72. The summed E-state index contributed by atoms with van der Waals surface area (Å²) in [5.41, 5.74) is 8.99. The molecule has 3 nitrogen and oxygen atoms in total. The highest BCUT2D eigenvalue weighted by Gasteiger charge is 2.10. The van der Waals surface area contributed by atoms with E-state index in [0.717, 1.165) is 32.4 Å². The Balaban J connectivity index is 2.04. The predicted molar refractivity (Wildman–Crippen MR) is 85.5 cm³/mol. The second-order valence-corrected chi connectivity index (χ2v) is 6.63. The lowest BCUT2D eigenvalue weighted by Crippen LogP contribution is -2.04. The number of fused-ring (bicyclic) bond motifs is 1. The molecule has 102 valence electrons. The summed E-state index contributed by atoms with van der Waals surface area (Å²) < 4.78 is 1.03. The molecule has 0 bridgehead atoms. The van der Waals surface area contributed by atoms with E-state index < -0.39 is 0 Å². The molecule has 0 spiro atoms. The van der Waals surface area contributed by atoms with Crippen LogP contribution in [0.2, 0.25) is 0 Å². The van der Waals surface area contributed by atoms with Crippen LogP contribution in [0.1, 0.15) is 11.3 Å². The summed E-state index contributed by atoms with van der Waals surface area (Å²) in [6.45, 7) is 2.64. The van der Waals surface area contributed by atoms with Gasteiger partial charge in [0.25, 0.3) is 0 Å². The number of thiazole rings is 1. The van der Waals surface area contributed by atoms with Crippen molar-refractivity contribution in [3.05, 3.63) is 47.0 Å². The Morgan fingerprint density at radius 2 is 2.10 bits per heavy atom. The standard InChI is InChI=1S/C15H15N3S2/c1-10-9-19-15(17-10)20-14-12(6-7-16)8-11-4-2-3-5-13(11)18-14/h2-5,8-9H,6-7,16H2,1H3. The molecule has 5 heteroatoms. The average molecular weight is 301 g/mol. The molecule has 0 aliphatic rings. The Labute approximate surface area is 126 Å². The van der Waals surface area contributed by atoms with E-state index in [4.69, 9.17) is 10.7 Å². The molecule has 0 saturated carbocycles. The zero-order valence-electron chi connectivity index (χ0n) is 11.2. The normalized spacial score (nSPS) is 11.1. The number of pyridine rings is 1. The van der Waals surface area contributed by atoms with Crippen LogP contribution < -0.4 is 5.73 Å². The number of aromatic nitrogens is 2. The van der Waals surface area contributed by atoms with Crippen molar-refractivity contribution >= 4 is 34.0 Å². The Kier molecular flexibility index (Phi) is 4.00. The number of hydrogen-bond acceptors (Lipinski definition) is 5. The molecule has 1 aromatic carbocycles. The largest absolute Gasteiger partial charge is 0.330 e. The molecular formula is C15H15N3S2. The lowest BCUT2D eigenvalue weighted by Gasteiger charge is -2.08. The van der Waals surface area contributed by atoms with Crippen molar-refractivity contribution in [3.8, 4) is 0 Å². The van der Waals surface area contributed by atoms with E-state index >= 15 is 0 Å². The zero-order chi connectivity index (χ0) is 13.9. The van der Waals surface area contributed by atoms with Crippen LogP contribution in [0.5, 0.6) is 0 Å². The molecule has 0 radical (unpaired) electrons. The minimum absolute atomic E-state index is 0.629. The number of rotatable bonds is 4. The molecule has 2 aromatic heterocycles. The molecule has 2 N–H and O–H groups in total. The van der Waals surface area contributed by atoms with Crippen LogP contribution in [0.3, 0.4) is 0 Å². The molecule has 0 saturated heterocycles. The first-order chi connectivity index (χ1) is 9.76. The van der Waals surface area contributed by atoms with E-state index in [0.29, 0.717) is 6.54 Å². The van der Waals surface area contributed by atoms with Gasteiger partial charge in [-0.2, -0.15) is 0 Å². The maximum Gasteiger partial charge on any atom is 0.156 e. The van der Waals surface area contributed by atoms with Crippen molar-refractivity contribution < 1.29 is 0 Å². The van der Waals surface area contributed by atoms with Crippen molar-refractivity contribution in [2.45, 2.75) is 22.7 Å². The van der Waals surface area contributed by atoms with Gasteiger partial charge < -0.3 is 5.73 Å². The molecule has 3 aromatic rings. The third-order valence-corrected chi connectivity index (χ3v) is 5.06. The fraction of sp³-hybridized carbons (Fsp3) is 0.200. The van der Waals surface area contributed by atoms with Crippen molar-refractivity contribution in [1.82, 2.24) is 9.97 Å². The summed E-state index contributed by atoms with van der Waals surface area (Å²) >= 11 is 3.29. The Morgan fingerprint density at radius 3 is 2.85 bits per heavy atom. The molecule has 0 aliphatic heterocycles. The van der Waals surface area contributed by atoms with Crippen LogP contribution >= 0.6 is 23.1 Å². The number of nitrogens with zero attached hydrogens (tertiary/aromatic N) is 2. The zero-order valence-corrected chi connectivity index (χ0v) is 12.8. The first-order valence-electron chi connectivity index (χ1n) is 6.45. The molecule has 0 amide bonds. The van der Waals surface area contributed by atoms with E-state index in [1.807, 2.05) is 25.1 Å². The first kappa shape index (κ1) is 13.5. The molecule has 0 fully saturated rings. The SMILES string of the molecule is Cc1csc(Sc2nc3ccccc3cc2CCN)n1. The number of para-hydroxylation sites is 1. The van der Waals surface area contributed by atoms with Gasteiger partial charge in [0.05, 0.1) is 5.52 Å². The highest BCUT2D eigenvalue weighted by atomic mass is 32.2. The van der Waals surface area contributed by atoms with Crippen LogP contribution in [-0.2, 0) is 6.42 Å². The fourth-order valence-corrected chi connectivity index (χ4v) is 3.91. The monoisotopic (exact) mass is 301 g/mol. The molecule has 20 heavy (non-hydrogen) atoms. The van der Waals surface area contributed by atoms with E-state index in [-0.39, 0.29) is 0 Å². The molecule has 3 rings (SSSR count). The van der Waals surface area contributed by atoms with Crippen molar-refractivity contribution in [2.24, 2.45) is 5.73 Å². The van der Waals surface area contributed by atoms with Crippen LogP contribution in [0.25, 0.3) is 10.9 Å². The number of nitrogens with two attached hydrogens (primary N) is 1. The van der Waals surface area contributed by atoms with Gasteiger partial charge in [-0.15, -0.1) is 11.3 Å². The van der Waals surface area contributed by atoms with Gasteiger partial charge in [0.2, 0.25) is 0 Å². The smallest absolute Gasteiger partial charge is 0.156 e. The molecular weight excluding hydrogens is 286 g/mol. The van der Waals surface area contributed by atoms with Gasteiger partial charge >= 0.3 is 0 Å². The van der Waals surface area contributed by atoms with Gasteiger partial charge in [-0.1, -0.05) is 18.2 Å². The van der Waals surface area contributed by atoms with Gasteiger partial charge in [0, 0.05) is 16.5 Å².